The second-order valence-corrected chi connectivity index (χ2v) is 14.0. The zero-order valence-corrected chi connectivity index (χ0v) is 24.4. The van der Waals surface area contributed by atoms with Gasteiger partial charge in [-0.3, -0.25) is 14.5 Å². The number of alkyl halides is 3. The molecule has 11 nitrogen and oxygen atoms in total. The summed E-state index contributed by atoms with van der Waals surface area (Å²) >= 11 is 1.22. The molecule has 224 valence electrons. The number of pyridine rings is 1. The van der Waals surface area contributed by atoms with Crippen LogP contribution in [0, 0.1) is 12.3 Å². The predicted molar refractivity (Wildman–Crippen MR) is 144 cm³/mol. The molecule has 2 aliphatic heterocycles. The Morgan fingerprint density at radius 3 is 2.29 bits per heavy atom. The maximum absolute atomic E-state index is 13.3. The fourth-order valence-corrected chi connectivity index (χ4v) is 6.63. The van der Waals surface area contributed by atoms with Gasteiger partial charge in [0.15, 0.2) is 0 Å². The number of rotatable bonds is 4. The van der Waals surface area contributed by atoms with E-state index in [1.165, 1.54) is 16.2 Å². The summed E-state index contributed by atoms with van der Waals surface area (Å²) in [4.78, 5) is 46.4. The van der Waals surface area contributed by atoms with Gasteiger partial charge in [-0.15, -0.1) is 11.3 Å². The molecule has 2 aromatic heterocycles. The van der Waals surface area contributed by atoms with Crippen molar-refractivity contribution in [1.82, 2.24) is 14.8 Å². The Morgan fingerprint density at radius 2 is 1.76 bits per heavy atom. The lowest BCUT2D eigenvalue weighted by Gasteiger charge is -2.30. The molecular formula is C25H30F3N5O6S2. The van der Waals surface area contributed by atoms with Gasteiger partial charge in [0.1, 0.15) is 5.69 Å². The van der Waals surface area contributed by atoms with Crippen molar-refractivity contribution in [2.75, 3.05) is 18.4 Å². The summed E-state index contributed by atoms with van der Waals surface area (Å²) in [5.41, 5.74) is -1.01. The lowest BCUT2D eigenvalue weighted by atomic mass is 9.95. The molecule has 4 rings (SSSR count). The molecule has 4 heterocycles. The van der Waals surface area contributed by atoms with Gasteiger partial charge in [-0.1, -0.05) is 20.8 Å². The Balaban J connectivity index is 1.46. The first-order valence-corrected chi connectivity index (χ1v) is 15.1. The van der Waals surface area contributed by atoms with Crippen molar-refractivity contribution in [3.63, 3.8) is 0 Å². The van der Waals surface area contributed by atoms with Crippen LogP contribution >= 0.6 is 11.3 Å². The SMILES string of the molecule is Cc1c(C(=O)N2CCC(S(N)(=O)=O)CC2)sc2c1CN(C(=O)Oc1ncc(C(F)(F)F)cc1NC(=O)C(C)(C)C)C2. The number of piperidine rings is 1. The number of primary sulfonamides is 1. The number of ether oxygens (including phenoxy) is 1. The lowest BCUT2D eigenvalue weighted by molar-refractivity contribution is -0.137. The number of aromatic nitrogens is 1. The maximum Gasteiger partial charge on any atom is 0.417 e. The average Bonchev–Trinajstić information content (AvgIpc) is 3.42. The lowest BCUT2D eigenvalue weighted by Crippen LogP contribution is -2.44. The number of thiophene rings is 1. The van der Waals surface area contributed by atoms with E-state index in [9.17, 15) is 36.0 Å². The van der Waals surface area contributed by atoms with Crippen LogP contribution in [0.25, 0.3) is 0 Å². The molecule has 41 heavy (non-hydrogen) atoms. The molecule has 3 amide bonds. The smallest absolute Gasteiger partial charge is 0.389 e. The number of nitrogens with one attached hydrogen (secondary N) is 1. The highest BCUT2D eigenvalue weighted by atomic mass is 32.2. The Kier molecular flexibility index (Phi) is 8.14. The Bertz CT molecular complexity index is 1490. The Labute approximate surface area is 238 Å². The van der Waals surface area contributed by atoms with Crippen molar-refractivity contribution < 1.29 is 40.7 Å². The number of anilines is 1. The first-order valence-electron chi connectivity index (χ1n) is 12.6. The minimum atomic E-state index is -4.73. The summed E-state index contributed by atoms with van der Waals surface area (Å²) < 4.78 is 68.4. The van der Waals surface area contributed by atoms with Crippen molar-refractivity contribution in [2.45, 2.75) is 65.1 Å². The van der Waals surface area contributed by atoms with Crippen LogP contribution in [-0.4, -0.2) is 59.4 Å². The number of hydrogen-bond donors (Lipinski definition) is 2. The summed E-state index contributed by atoms with van der Waals surface area (Å²) in [6.07, 6.45) is -4.59. The van der Waals surface area contributed by atoms with Gasteiger partial charge in [0.25, 0.3) is 5.91 Å². The molecule has 1 saturated heterocycles. The summed E-state index contributed by atoms with van der Waals surface area (Å²) in [6, 6.07) is 0.661. The van der Waals surface area contributed by atoms with E-state index in [4.69, 9.17) is 9.88 Å². The first kappa shape index (κ1) is 30.7. The third kappa shape index (κ3) is 6.64. The number of carbonyl (C=O) groups excluding carboxylic acids is 3. The second kappa shape index (κ2) is 10.9. The number of amides is 3. The van der Waals surface area contributed by atoms with E-state index < -0.39 is 56.0 Å². The number of sulfonamides is 1. The van der Waals surface area contributed by atoms with E-state index in [0.717, 1.165) is 10.4 Å². The molecule has 0 aliphatic carbocycles. The van der Waals surface area contributed by atoms with Gasteiger partial charge in [-0.05, 0) is 37.0 Å². The highest BCUT2D eigenvalue weighted by Gasteiger charge is 2.36. The van der Waals surface area contributed by atoms with Crippen LogP contribution in [0.1, 0.15) is 64.9 Å². The minimum Gasteiger partial charge on any atom is -0.389 e. The fraction of sp³-hybridized carbons (Fsp3) is 0.520. The molecule has 2 aliphatic rings. The topological polar surface area (TPSA) is 152 Å². The zero-order chi connectivity index (χ0) is 30.5. The summed E-state index contributed by atoms with van der Waals surface area (Å²) in [5.74, 6) is -1.30. The molecule has 1 fully saturated rings. The van der Waals surface area contributed by atoms with Crippen LogP contribution in [0.2, 0.25) is 0 Å². The van der Waals surface area contributed by atoms with E-state index in [-0.39, 0.29) is 44.9 Å². The van der Waals surface area contributed by atoms with Gasteiger partial charge < -0.3 is 15.0 Å². The number of fused-ring (bicyclic) bond motifs is 1. The van der Waals surface area contributed by atoms with Crippen molar-refractivity contribution in [2.24, 2.45) is 10.6 Å². The molecule has 0 aromatic carbocycles. The van der Waals surface area contributed by atoms with E-state index in [1.807, 2.05) is 0 Å². The molecule has 16 heteroatoms. The average molecular weight is 618 g/mol. The number of carbonyl (C=O) groups is 3. The number of hydrogen-bond acceptors (Lipinski definition) is 8. The molecule has 0 unspecified atom stereocenters. The van der Waals surface area contributed by atoms with Crippen molar-refractivity contribution in [3.05, 3.63) is 38.7 Å². The standard InChI is InChI=1S/C25H30F3N5O6S2/c1-13-16-11-33(12-18(16)40-19(13)21(34)32-7-5-15(6-8-32)41(29,37)38)23(36)39-20-17(31-22(35)24(2,3)4)9-14(10-30-20)25(26,27)28/h9-10,15H,5-8,11-12H2,1-4H3,(H,31,35)(H2,29,37,38). The number of nitrogens with zero attached hydrogens (tertiary/aromatic N) is 3. The highest BCUT2D eigenvalue weighted by molar-refractivity contribution is 7.89. The first-order chi connectivity index (χ1) is 18.9. The number of halogens is 3. The third-order valence-electron chi connectivity index (χ3n) is 6.98. The number of nitrogens with two attached hydrogens (primary N) is 1. The van der Waals surface area contributed by atoms with Crippen LogP contribution in [0.4, 0.5) is 23.7 Å². The van der Waals surface area contributed by atoms with Crippen molar-refractivity contribution >= 4 is 45.0 Å². The fourth-order valence-electron chi connectivity index (χ4n) is 4.46. The minimum absolute atomic E-state index is 0.0988. The van der Waals surface area contributed by atoms with E-state index in [2.05, 4.69) is 10.3 Å². The van der Waals surface area contributed by atoms with Crippen LogP contribution in [0.15, 0.2) is 12.3 Å². The molecule has 0 radical (unpaired) electrons. The Hall–Kier alpha value is -3.24. The van der Waals surface area contributed by atoms with Gasteiger partial charge in [-0.2, -0.15) is 13.2 Å². The molecule has 3 N–H and O–H groups in total. The van der Waals surface area contributed by atoms with Crippen molar-refractivity contribution in [1.29, 1.82) is 0 Å². The van der Waals surface area contributed by atoms with Crippen LogP contribution in [0.3, 0.4) is 0 Å². The van der Waals surface area contributed by atoms with E-state index in [0.29, 0.717) is 22.7 Å². The Morgan fingerprint density at radius 1 is 1.12 bits per heavy atom. The molecule has 2 aromatic rings. The van der Waals surface area contributed by atoms with E-state index >= 15 is 0 Å². The molecule has 0 atom stereocenters. The normalized spacial score (nSPS) is 16.5. The molecule has 0 saturated carbocycles. The summed E-state index contributed by atoms with van der Waals surface area (Å²) in [5, 5.41) is 6.92. The van der Waals surface area contributed by atoms with Crippen LogP contribution in [-0.2, 0) is 34.1 Å². The second-order valence-electron chi connectivity index (χ2n) is 11.0. The van der Waals surface area contributed by atoms with Gasteiger partial charge in [0, 0.05) is 29.6 Å². The monoisotopic (exact) mass is 617 g/mol. The molecule has 0 bridgehead atoms. The summed E-state index contributed by atoms with van der Waals surface area (Å²) in [6.45, 7) is 7.20. The largest absolute Gasteiger partial charge is 0.417 e. The quantitative estimate of drug-likeness (QED) is 0.529. The van der Waals surface area contributed by atoms with Crippen LogP contribution < -0.4 is 15.2 Å². The third-order valence-corrected chi connectivity index (χ3v) is 9.68. The van der Waals surface area contributed by atoms with E-state index in [1.54, 1.807) is 32.6 Å². The van der Waals surface area contributed by atoms with Crippen LogP contribution in [0.5, 0.6) is 5.88 Å². The van der Waals surface area contributed by atoms with Crippen molar-refractivity contribution in [3.8, 4) is 5.88 Å². The van der Waals surface area contributed by atoms with Gasteiger partial charge in [0.2, 0.25) is 21.8 Å². The number of likely N-dealkylation sites (tertiary alicyclic amines) is 1. The van der Waals surface area contributed by atoms with Gasteiger partial charge in [-0.25, -0.2) is 23.3 Å². The summed E-state index contributed by atoms with van der Waals surface area (Å²) in [7, 11) is -3.67. The maximum atomic E-state index is 13.3. The highest BCUT2D eigenvalue weighted by Crippen LogP contribution is 2.38. The zero-order valence-electron chi connectivity index (χ0n) is 22.8. The van der Waals surface area contributed by atoms with Gasteiger partial charge in [0.05, 0.1) is 28.8 Å². The predicted octanol–water partition coefficient (Wildman–Crippen LogP) is 3.86. The van der Waals surface area contributed by atoms with Gasteiger partial charge >= 0.3 is 12.3 Å². The molecular weight excluding hydrogens is 587 g/mol. The molecule has 0 spiro atoms.